The smallest absolute Gasteiger partial charge is 0.234 e. The lowest BCUT2D eigenvalue weighted by Crippen LogP contribution is -2.14. The van der Waals surface area contributed by atoms with Gasteiger partial charge in [-0.25, -0.2) is 0 Å². The summed E-state index contributed by atoms with van der Waals surface area (Å²) in [5.74, 6) is 1.10. The molecule has 2 aromatic carbocycles. The minimum Gasteiger partial charge on any atom is -0.325 e. The van der Waals surface area contributed by atoms with Crippen LogP contribution in [0.1, 0.15) is 11.1 Å². The van der Waals surface area contributed by atoms with E-state index in [2.05, 4.69) is 5.32 Å². The molecule has 0 aliphatic carbocycles. The molecule has 0 unspecified atom stereocenters. The van der Waals surface area contributed by atoms with Crippen molar-refractivity contribution < 1.29 is 4.79 Å². The fourth-order valence-corrected chi connectivity index (χ4v) is 2.92. The van der Waals surface area contributed by atoms with E-state index in [1.54, 1.807) is 17.8 Å². The van der Waals surface area contributed by atoms with Crippen molar-refractivity contribution in [1.29, 1.82) is 0 Å². The fraction of sp³-hybridized carbons (Fsp3) is 0.188. The van der Waals surface area contributed by atoms with Crippen molar-refractivity contribution in [3.05, 3.63) is 63.6 Å². The van der Waals surface area contributed by atoms with E-state index in [9.17, 15) is 4.79 Å². The predicted molar refractivity (Wildman–Crippen MR) is 92.4 cm³/mol. The van der Waals surface area contributed by atoms with Crippen LogP contribution in [0.5, 0.6) is 0 Å². The third-order valence-corrected chi connectivity index (χ3v) is 4.49. The normalized spacial score (nSPS) is 10.4. The van der Waals surface area contributed by atoms with Gasteiger partial charge < -0.3 is 5.32 Å². The molecule has 0 aromatic heterocycles. The number of aryl methyl sites for hydroxylation is 1. The molecule has 5 heteroatoms. The number of benzene rings is 2. The number of carbonyl (C=O) groups is 1. The first kappa shape index (κ1) is 16.2. The third-order valence-electron chi connectivity index (χ3n) is 2.85. The molecule has 2 aromatic rings. The average Bonchev–Trinajstić information content (AvgIpc) is 2.43. The second-order valence-electron chi connectivity index (χ2n) is 4.63. The Morgan fingerprint density at radius 2 is 2.00 bits per heavy atom. The molecule has 2 nitrogen and oxygen atoms in total. The van der Waals surface area contributed by atoms with Crippen molar-refractivity contribution in [3.63, 3.8) is 0 Å². The van der Waals surface area contributed by atoms with E-state index < -0.39 is 0 Å². The molecular weight excluding hydrogens is 325 g/mol. The number of thioether (sulfide) groups is 1. The number of nitrogens with one attached hydrogen (secondary N) is 1. The number of carbonyl (C=O) groups excluding carboxylic acids is 1. The summed E-state index contributed by atoms with van der Waals surface area (Å²) >= 11 is 13.5. The van der Waals surface area contributed by atoms with Gasteiger partial charge in [-0.05, 0) is 42.3 Å². The average molecular weight is 340 g/mol. The van der Waals surface area contributed by atoms with Gasteiger partial charge in [0.25, 0.3) is 0 Å². The molecule has 1 amide bonds. The summed E-state index contributed by atoms with van der Waals surface area (Å²) in [5.41, 5.74) is 2.82. The predicted octanol–water partition coefficient (Wildman–Crippen LogP) is 5.17. The third kappa shape index (κ3) is 5.27. The first-order valence-corrected chi connectivity index (χ1v) is 8.34. The molecule has 1 N–H and O–H groups in total. The molecule has 0 saturated carbocycles. The zero-order valence-electron chi connectivity index (χ0n) is 11.5. The Labute approximate surface area is 138 Å². The van der Waals surface area contributed by atoms with E-state index >= 15 is 0 Å². The molecular formula is C16H15Cl2NOS. The van der Waals surface area contributed by atoms with Crippen molar-refractivity contribution in [2.45, 2.75) is 12.7 Å². The van der Waals surface area contributed by atoms with E-state index in [-0.39, 0.29) is 5.91 Å². The summed E-state index contributed by atoms with van der Waals surface area (Å²) in [4.78, 5) is 11.9. The summed E-state index contributed by atoms with van der Waals surface area (Å²) in [6.07, 6.45) is 0. The summed E-state index contributed by atoms with van der Waals surface area (Å²) < 4.78 is 0. The highest BCUT2D eigenvalue weighted by molar-refractivity contribution is 7.99. The standard InChI is InChI=1S/C16H15Cl2NOS/c1-11-5-6-14(8-15(11)18)19-16(20)10-21-9-12-3-2-4-13(17)7-12/h2-8H,9-10H2,1H3,(H,19,20). The Hall–Kier alpha value is -1.16. The number of hydrogen-bond donors (Lipinski definition) is 1. The van der Waals surface area contributed by atoms with Crippen molar-refractivity contribution in [3.8, 4) is 0 Å². The van der Waals surface area contributed by atoms with Crippen LogP contribution in [0.2, 0.25) is 10.0 Å². The molecule has 2 rings (SSSR count). The van der Waals surface area contributed by atoms with Gasteiger partial charge in [-0.15, -0.1) is 11.8 Å². The molecule has 0 saturated heterocycles. The Kier molecular flexibility index (Phi) is 5.97. The lowest BCUT2D eigenvalue weighted by atomic mass is 10.2. The number of rotatable bonds is 5. The van der Waals surface area contributed by atoms with Gasteiger partial charge in [0.15, 0.2) is 0 Å². The second-order valence-corrected chi connectivity index (χ2v) is 6.46. The highest BCUT2D eigenvalue weighted by Gasteiger charge is 2.05. The Morgan fingerprint density at radius 1 is 1.19 bits per heavy atom. The van der Waals surface area contributed by atoms with Gasteiger partial charge in [-0.1, -0.05) is 41.4 Å². The van der Waals surface area contributed by atoms with Gasteiger partial charge in [-0.3, -0.25) is 4.79 Å². The highest BCUT2D eigenvalue weighted by atomic mass is 35.5. The van der Waals surface area contributed by atoms with Gasteiger partial charge in [0.2, 0.25) is 5.91 Å². The van der Waals surface area contributed by atoms with E-state index in [0.717, 1.165) is 22.6 Å². The van der Waals surface area contributed by atoms with Crippen LogP contribution in [0.15, 0.2) is 42.5 Å². The van der Waals surface area contributed by atoms with Crippen molar-refractivity contribution in [2.24, 2.45) is 0 Å². The molecule has 0 bridgehead atoms. The maximum absolute atomic E-state index is 11.9. The molecule has 0 heterocycles. The number of halogens is 2. The van der Waals surface area contributed by atoms with Crippen LogP contribution in [-0.4, -0.2) is 11.7 Å². The Morgan fingerprint density at radius 3 is 2.71 bits per heavy atom. The fourth-order valence-electron chi connectivity index (χ4n) is 1.76. The zero-order chi connectivity index (χ0) is 15.2. The van der Waals surface area contributed by atoms with Crippen molar-refractivity contribution in [1.82, 2.24) is 0 Å². The summed E-state index contributed by atoms with van der Waals surface area (Å²) in [7, 11) is 0. The molecule has 110 valence electrons. The topological polar surface area (TPSA) is 29.1 Å². The zero-order valence-corrected chi connectivity index (χ0v) is 13.9. The first-order chi connectivity index (χ1) is 10.0. The summed E-state index contributed by atoms with van der Waals surface area (Å²) in [6.45, 7) is 1.93. The van der Waals surface area contributed by atoms with Crippen LogP contribution in [0.3, 0.4) is 0 Å². The van der Waals surface area contributed by atoms with Gasteiger partial charge in [0, 0.05) is 21.5 Å². The van der Waals surface area contributed by atoms with E-state index in [4.69, 9.17) is 23.2 Å². The second kappa shape index (κ2) is 7.74. The lowest BCUT2D eigenvalue weighted by molar-refractivity contribution is -0.113. The van der Waals surface area contributed by atoms with Gasteiger partial charge >= 0.3 is 0 Å². The van der Waals surface area contributed by atoms with Crippen LogP contribution in [0.4, 0.5) is 5.69 Å². The largest absolute Gasteiger partial charge is 0.325 e. The molecule has 0 atom stereocenters. The Balaban J connectivity index is 1.81. The molecule has 0 spiro atoms. The molecule has 0 radical (unpaired) electrons. The van der Waals surface area contributed by atoms with E-state index in [1.807, 2.05) is 43.3 Å². The minimum atomic E-state index is -0.0399. The van der Waals surface area contributed by atoms with Crippen LogP contribution in [0.25, 0.3) is 0 Å². The minimum absolute atomic E-state index is 0.0399. The van der Waals surface area contributed by atoms with E-state index in [0.29, 0.717) is 15.8 Å². The maximum Gasteiger partial charge on any atom is 0.234 e. The number of anilines is 1. The lowest BCUT2D eigenvalue weighted by Gasteiger charge is -2.07. The van der Waals surface area contributed by atoms with Gasteiger partial charge in [0.1, 0.15) is 0 Å². The van der Waals surface area contributed by atoms with Gasteiger partial charge in [0.05, 0.1) is 5.75 Å². The molecule has 0 aliphatic rings. The quantitative estimate of drug-likeness (QED) is 0.813. The first-order valence-electron chi connectivity index (χ1n) is 6.43. The number of amides is 1. The molecule has 0 aliphatic heterocycles. The van der Waals surface area contributed by atoms with Crippen LogP contribution in [0, 0.1) is 6.92 Å². The highest BCUT2D eigenvalue weighted by Crippen LogP contribution is 2.21. The van der Waals surface area contributed by atoms with Crippen molar-refractivity contribution in [2.75, 3.05) is 11.1 Å². The van der Waals surface area contributed by atoms with Crippen LogP contribution < -0.4 is 5.32 Å². The monoisotopic (exact) mass is 339 g/mol. The maximum atomic E-state index is 11.9. The van der Waals surface area contributed by atoms with E-state index in [1.165, 1.54) is 0 Å². The molecule has 0 fully saturated rings. The van der Waals surface area contributed by atoms with Crippen LogP contribution >= 0.6 is 35.0 Å². The Bertz CT molecular complexity index is 646. The van der Waals surface area contributed by atoms with Gasteiger partial charge in [-0.2, -0.15) is 0 Å². The van der Waals surface area contributed by atoms with Crippen molar-refractivity contribution >= 4 is 46.6 Å². The summed E-state index contributed by atoms with van der Waals surface area (Å²) in [6, 6.07) is 13.1. The SMILES string of the molecule is Cc1ccc(NC(=O)CSCc2cccc(Cl)c2)cc1Cl. The summed E-state index contributed by atoms with van der Waals surface area (Å²) in [5, 5.41) is 4.20. The van der Waals surface area contributed by atoms with Crippen LogP contribution in [-0.2, 0) is 10.5 Å². The number of hydrogen-bond acceptors (Lipinski definition) is 2. The molecule has 21 heavy (non-hydrogen) atoms.